The Hall–Kier alpha value is -1.38. The summed E-state index contributed by atoms with van der Waals surface area (Å²) in [6, 6.07) is 7.24. The number of nitrogens with one attached hydrogen (secondary N) is 1. The van der Waals surface area contributed by atoms with Gasteiger partial charge in [0.05, 0.1) is 35.1 Å². The number of hydrogen-bond acceptors (Lipinski definition) is 4. The Morgan fingerprint density at radius 1 is 1.23 bits per heavy atom. The van der Waals surface area contributed by atoms with E-state index in [-0.39, 0.29) is 13.2 Å². The zero-order valence-electron chi connectivity index (χ0n) is 15.8. The van der Waals surface area contributed by atoms with Gasteiger partial charge in [0, 0.05) is 0 Å². The molecule has 26 heavy (non-hydrogen) atoms. The Labute approximate surface area is 156 Å². The standard InChI is InChI=1S/C18H27F2NO4S/c1-6-24-16(22)18(19,20)15(21-26(23)17(3,4)5)13(2)25-12-14-10-8-7-9-11-14/h7-11,13,15,21H,6,12H2,1-5H3. The van der Waals surface area contributed by atoms with E-state index in [1.807, 2.05) is 6.07 Å². The average molecular weight is 391 g/mol. The number of ether oxygens (including phenoxy) is 2. The highest BCUT2D eigenvalue weighted by Crippen LogP contribution is 2.27. The second kappa shape index (κ2) is 9.53. The highest BCUT2D eigenvalue weighted by Gasteiger charge is 2.52. The molecule has 0 aliphatic carbocycles. The fraction of sp³-hybridized carbons (Fsp3) is 0.611. The van der Waals surface area contributed by atoms with Crippen LogP contribution in [0.1, 0.15) is 40.2 Å². The van der Waals surface area contributed by atoms with Crippen LogP contribution in [0.4, 0.5) is 8.78 Å². The molecule has 8 heteroatoms. The Balaban J connectivity index is 2.98. The Morgan fingerprint density at radius 3 is 2.31 bits per heavy atom. The third-order valence-electron chi connectivity index (χ3n) is 3.55. The molecule has 0 amide bonds. The quantitative estimate of drug-likeness (QED) is 0.657. The lowest BCUT2D eigenvalue weighted by Crippen LogP contribution is -2.58. The minimum atomic E-state index is -3.90. The maximum absolute atomic E-state index is 14.6. The summed E-state index contributed by atoms with van der Waals surface area (Å²) < 4.78 is 53.2. The molecular formula is C18H27F2NO4S. The number of carbonyl (C=O) groups excluding carboxylic acids is 1. The second-order valence-electron chi connectivity index (χ2n) is 6.82. The summed E-state index contributed by atoms with van der Waals surface area (Å²) in [5.41, 5.74) is 0.800. The highest BCUT2D eigenvalue weighted by molar-refractivity contribution is 7.84. The van der Waals surface area contributed by atoms with Crippen LogP contribution in [-0.4, -0.2) is 39.6 Å². The van der Waals surface area contributed by atoms with Crippen LogP contribution in [0.2, 0.25) is 0 Å². The molecule has 1 rings (SSSR count). The Morgan fingerprint density at radius 2 is 1.81 bits per heavy atom. The van der Waals surface area contributed by atoms with E-state index in [4.69, 9.17) is 4.74 Å². The zero-order valence-corrected chi connectivity index (χ0v) is 16.6. The fourth-order valence-corrected chi connectivity index (χ4v) is 2.93. The van der Waals surface area contributed by atoms with Crippen LogP contribution in [0, 0.1) is 0 Å². The summed E-state index contributed by atoms with van der Waals surface area (Å²) in [6.45, 7) is 7.69. The molecule has 0 bridgehead atoms. The molecule has 0 aromatic heterocycles. The van der Waals surface area contributed by atoms with Crippen molar-refractivity contribution in [3.8, 4) is 0 Å². The smallest absolute Gasteiger partial charge is 0.378 e. The van der Waals surface area contributed by atoms with Crippen LogP contribution < -0.4 is 4.72 Å². The maximum atomic E-state index is 14.6. The van der Waals surface area contributed by atoms with Crippen molar-refractivity contribution in [2.45, 2.75) is 64.0 Å². The molecule has 0 aliphatic heterocycles. The van der Waals surface area contributed by atoms with Gasteiger partial charge in [0.15, 0.2) is 0 Å². The molecule has 0 aliphatic rings. The third kappa shape index (κ3) is 6.41. The van der Waals surface area contributed by atoms with Crippen LogP contribution in [0.15, 0.2) is 30.3 Å². The van der Waals surface area contributed by atoms with Crippen molar-refractivity contribution in [3.05, 3.63) is 35.9 Å². The molecule has 0 radical (unpaired) electrons. The Kier molecular flexibility index (Phi) is 8.30. The molecule has 0 fully saturated rings. The monoisotopic (exact) mass is 391 g/mol. The van der Waals surface area contributed by atoms with Crippen LogP contribution in [0.5, 0.6) is 0 Å². The number of halogens is 2. The maximum Gasteiger partial charge on any atom is 0.378 e. The first kappa shape index (κ1) is 22.7. The number of esters is 1. The Bertz CT molecular complexity index is 605. The van der Waals surface area contributed by atoms with Crippen molar-refractivity contribution < 1.29 is 27.3 Å². The van der Waals surface area contributed by atoms with Crippen LogP contribution >= 0.6 is 0 Å². The van der Waals surface area contributed by atoms with Crippen molar-refractivity contribution in [1.29, 1.82) is 0 Å². The molecule has 1 aromatic rings. The largest absolute Gasteiger partial charge is 0.462 e. The van der Waals surface area contributed by atoms with Gasteiger partial charge in [-0.3, -0.25) is 0 Å². The van der Waals surface area contributed by atoms with E-state index in [0.717, 1.165) is 5.56 Å². The number of carbonyl (C=O) groups is 1. The van der Waals surface area contributed by atoms with Crippen molar-refractivity contribution >= 4 is 17.0 Å². The van der Waals surface area contributed by atoms with Gasteiger partial charge in [-0.2, -0.15) is 8.78 Å². The predicted octanol–water partition coefficient (Wildman–Crippen LogP) is 3.21. The zero-order chi connectivity index (χ0) is 20.0. The SMILES string of the molecule is CCOC(=O)C(F)(F)C(NS(=O)C(C)(C)C)C(C)OCc1ccccc1. The molecule has 1 N–H and O–H groups in total. The second-order valence-corrected chi connectivity index (χ2v) is 8.82. The predicted molar refractivity (Wildman–Crippen MR) is 97.1 cm³/mol. The summed E-state index contributed by atoms with van der Waals surface area (Å²) in [4.78, 5) is 11.7. The summed E-state index contributed by atoms with van der Waals surface area (Å²) in [7, 11) is -1.82. The highest BCUT2D eigenvalue weighted by atomic mass is 32.2. The van der Waals surface area contributed by atoms with Crippen LogP contribution in [0.3, 0.4) is 0 Å². The third-order valence-corrected chi connectivity index (χ3v) is 5.13. The molecule has 3 atom stereocenters. The summed E-state index contributed by atoms with van der Waals surface area (Å²) in [5, 5.41) is 0. The molecule has 3 unspecified atom stereocenters. The van der Waals surface area contributed by atoms with Gasteiger partial charge >= 0.3 is 11.9 Å². The van der Waals surface area contributed by atoms with Crippen molar-refractivity contribution in [2.75, 3.05) is 6.61 Å². The molecule has 148 valence electrons. The number of hydrogen-bond donors (Lipinski definition) is 1. The lowest BCUT2D eigenvalue weighted by Gasteiger charge is -2.32. The minimum absolute atomic E-state index is 0.0846. The van der Waals surface area contributed by atoms with Gasteiger partial charge in [-0.15, -0.1) is 0 Å². The van der Waals surface area contributed by atoms with E-state index in [9.17, 15) is 17.8 Å². The first-order chi connectivity index (χ1) is 12.0. The van der Waals surface area contributed by atoms with Gasteiger partial charge < -0.3 is 9.47 Å². The van der Waals surface area contributed by atoms with Gasteiger partial charge in [-0.1, -0.05) is 30.3 Å². The number of rotatable bonds is 9. The molecule has 0 heterocycles. The molecule has 1 aromatic carbocycles. The normalized spacial score (nSPS) is 16.0. The van der Waals surface area contributed by atoms with E-state index in [1.54, 1.807) is 45.0 Å². The van der Waals surface area contributed by atoms with Crippen molar-refractivity contribution in [3.63, 3.8) is 0 Å². The average Bonchev–Trinajstić information content (AvgIpc) is 2.57. The van der Waals surface area contributed by atoms with Crippen molar-refractivity contribution in [1.82, 2.24) is 4.72 Å². The molecular weight excluding hydrogens is 364 g/mol. The lowest BCUT2D eigenvalue weighted by molar-refractivity contribution is -0.181. The summed E-state index contributed by atoms with van der Waals surface area (Å²) in [6.07, 6.45) is -1.10. The summed E-state index contributed by atoms with van der Waals surface area (Å²) >= 11 is 0. The molecule has 5 nitrogen and oxygen atoms in total. The lowest BCUT2D eigenvalue weighted by atomic mass is 10.1. The van der Waals surface area contributed by atoms with E-state index >= 15 is 0 Å². The van der Waals surface area contributed by atoms with Gasteiger partial charge in [-0.25, -0.2) is 13.7 Å². The number of benzene rings is 1. The van der Waals surface area contributed by atoms with Gasteiger partial charge in [0.1, 0.15) is 6.04 Å². The first-order valence-corrected chi connectivity index (χ1v) is 9.53. The first-order valence-electron chi connectivity index (χ1n) is 8.38. The van der Waals surface area contributed by atoms with Crippen molar-refractivity contribution in [2.24, 2.45) is 0 Å². The summed E-state index contributed by atoms with van der Waals surface area (Å²) in [5.74, 6) is -5.56. The van der Waals surface area contributed by atoms with Gasteiger partial charge in [-0.05, 0) is 40.2 Å². The van der Waals surface area contributed by atoms with Gasteiger partial charge in [0.25, 0.3) is 0 Å². The number of alkyl halides is 2. The van der Waals surface area contributed by atoms with E-state index in [0.29, 0.717) is 0 Å². The van der Waals surface area contributed by atoms with E-state index in [2.05, 4.69) is 9.46 Å². The molecule has 0 spiro atoms. The fourth-order valence-electron chi connectivity index (χ4n) is 2.01. The van der Waals surface area contributed by atoms with E-state index in [1.165, 1.54) is 13.8 Å². The van der Waals surface area contributed by atoms with Crippen LogP contribution in [0.25, 0.3) is 0 Å². The van der Waals surface area contributed by atoms with Gasteiger partial charge in [0.2, 0.25) is 0 Å². The van der Waals surface area contributed by atoms with Crippen LogP contribution in [-0.2, 0) is 31.9 Å². The topological polar surface area (TPSA) is 64.6 Å². The molecule has 0 saturated carbocycles. The minimum Gasteiger partial charge on any atom is -0.462 e. The molecule has 0 saturated heterocycles. The van der Waals surface area contributed by atoms with E-state index < -0.39 is 39.8 Å².